The molecule has 3 atom stereocenters. The van der Waals surface area contributed by atoms with Crippen LogP contribution in [-0.4, -0.2) is 32.3 Å². The van der Waals surface area contributed by atoms with Crippen molar-refractivity contribution in [3.05, 3.63) is 35.9 Å². The van der Waals surface area contributed by atoms with E-state index in [0.717, 1.165) is 6.42 Å². The van der Waals surface area contributed by atoms with E-state index < -0.39 is 0 Å². The lowest BCUT2D eigenvalue weighted by atomic mass is 9.94. The number of benzene rings is 1. The lowest BCUT2D eigenvalue weighted by Gasteiger charge is -2.32. The molecule has 1 aliphatic heterocycles. The third kappa shape index (κ3) is 3.55. The average Bonchev–Trinajstić information content (AvgIpc) is 2.48. The summed E-state index contributed by atoms with van der Waals surface area (Å²) in [6, 6.07) is 10.5. The maximum Gasteiger partial charge on any atom is 0.312 e. The highest BCUT2D eigenvalue weighted by Gasteiger charge is 2.33. The number of hydrogen-bond acceptors (Lipinski definition) is 4. The zero-order chi connectivity index (χ0) is 13.7. The zero-order valence-corrected chi connectivity index (χ0v) is 11.5. The van der Waals surface area contributed by atoms with E-state index in [9.17, 15) is 4.79 Å². The van der Waals surface area contributed by atoms with E-state index in [-0.39, 0.29) is 24.0 Å². The third-order valence-corrected chi connectivity index (χ3v) is 3.62. The van der Waals surface area contributed by atoms with Crippen molar-refractivity contribution in [2.75, 3.05) is 20.3 Å². The number of methoxy groups -OCH3 is 1. The normalized spacial score (nSPS) is 24.7. The first-order valence-corrected chi connectivity index (χ1v) is 6.69. The average molecular weight is 263 g/mol. The number of hydrogen-bond donors (Lipinski definition) is 1. The molecule has 0 amide bonds. The van der Waals surface area contributed by atoms with Crippen molar-refractivity contribution in [1.82, 2.24) is 5.32 Å². The predicted molar refractivity (Wildman–Crippen MR) is 72.7 cm³/mol. The van der Waals surface area contributed by atoms with Crippen LogP contribution in [-0.2, 0) is 14.3 Å². The van der Waals surface area contributed by atoms with E-state index in [0.29, 0.717) is 13.2 Å². The van der Waals surface area contributed by atoms with Gasteiger partial charge in [-0.25, -0.2) is 0 Å². The lowest BCUT2D eigenvalue weighted by molar-refractivity contribution is -0.151. The molecule has 1 aromatic rings. The Morgan fingerprint density at radius 1 is 1.42 bits per heavy atom. The summed E-state index contributed by atoms with van der Waals surface area (Å²) in [7, 11) is 1.43. The van der Waals surface area contributed by atoms with Crippen LogP contribution in [0.3, 0.4) is 0 Å². The van der Waals surface area contributed by atoms with E-state index in [1.54, 1.807) is 0 Å². The number of ether oxygens (including phenoxy) is 2. The summed E-state index contributed by atoms with van der Waals surface area (Å²) in [5, 5.41) is 3.52. The van der Waals surface area contributed by atoms with E-state index in [1.165, 1.54) is 12.7 Å². The van der Waals surface area contributed by atoms with Gasteiger partial charge in [-0.3, -0.25) is 4.79 Å². The minimum atomic E-state index is -0.218. The van der Waals surface area contributed by atoms with Crippen molar-refractivity contribution in [3.8, 4) is 0 Å². The van der Waals surface area contributed by atoms with Crippen molar-refractivity contribution in [1.29, 1.82) is 0 Å². The number of nitrogens with one attached hydrogen (secondary N) is 1. The minimum absolute atomic E-state index is 0.108. The third-order valence-electron chi connectivity index (χ3n) is 3.62. The van der Waals surface area contributed by atoms with Crippen LogP contribution < -0.4 is 5.32 Å². The molecule has 2 rings (SSSR count). The molecule has 1 fully saturated rings. The van der Waals surface area contributed by atoms with Crippen LogP contribution in [0.1, 0.15) is 24.9 Å². The highest BCUT2D eigenvalue weighted by atomic mass is 16.5. The van der Waals surface area contributed by atoms with Gasteiger partial charge in [-0.05, 0) is 18.9 Å². The molecule has 0 saturated carbocycles. The monoisotopic (exact) mass is 263 g/mol. The standard InChI is InChI=1S/C15H21NO3/c1-11(12-6-4-3-5-7-12)16-14-8-9-19-10-13(14)15(17)18-2/h3-7,11,13-14,16H,8-10H2,1-2H3/t11-,13-,14?/m1/s1. The molecule has 0 bridgehead atoms. The van der Waals surface area contributed by atoms with Gasteiger partial charge in [-0.2, -0.15) is 0 Å². The molecular formula is C15H21NO3. The van der Waals surface area contributed by atoms with E-state index >= 15 is 0 Å². The Labute approximate surface area is 114 Å². The maximum atomic E-state index is 11.8. The Morgan fingerprint density at radius 3 is 2.84 bits per heavy atom. The summed E-state index contributed by atoms with van der Waals surface area (Å²) in [5.41, 5.74) is 1.22. The van der Waals surface area contributed by atoms with Crippen LogP contribution in [0.4, 0.5) is 0 Å². The molecule has 0 radical (unpaired) electrons. The Balaban J connectivity index is 2.01. The van der Waals surface area contributed by atoms with E-state index in [2.05, 4.69) is 24.4 Å². The fraction of sp³-hybridized carbons (Fsp3) is 0.533. The molecule has 4 heteroatoms. The van der Waals surface area contributed by atoms with Gasteiger partial charge < -0.3 is 14.8 Å². The molecule has 1 aliphatic rings. The number of carbonyl (C=O) groups is 1. The van der Waals surface area contributed by atoms with Crippen LogP contribution in [0.2, 0.25) is 0 Å². The second-order valence-electron chi connectivity index (χ2n) is 4.90. The van der Waals surface area contributed by atoms with E-state index in [1.807, 2.05) is 18.2 Å². The van der Waals surface area contributed by atoms with Crippen molar-refractivity contribution >= 4 is 5.97 Å². The molecule has 0 aromatic heterocycles. The summed E-state index contributed by atoms with van der Waals surface area (Å²) < 4.78 is 10.2. The Morgan fingerprint density at radius 2 is 2.16 bits per heavy atom. The summed E-state index contributed by atoms with van der Waals surface area (Å²) in [5.74, 6) is -0.414. The highest BCUT2D eigenvalue weighted by molar-refractivity contribution is 5.73. The summed E-state index contributed by atoms with van der Waals surface area (Å²) >= 11 is 0. The second-order valence-corrected chi connectivity index (χ2v) is 4.90. The second kappa shape index (κ2) is 6.68. The SMILES string of the molecule is COC(=O)[C@@H]1COCCC1N[C@H](C)c1ccccc1. The van der Waals surface area contributed by atoms with Gasteiger partial charge in [0.25, 0.3) is 0 Å². The van der Waals surface area contributed by atoms with Gasteiger partial charge in [0.1, 0.15) is 0 Å². The fourth-order valence-electron chi connectivity index (χ4n) is 2.48. The molecular weight excluding hydrogens is 242 g/mol. The summed E-state index contributed by atoms with van der Waals surface area (Å²) in [6.07, 6.45) is 0.830. The molecule has 0 spiro atoms. The first-order valence-electron chi connectivity index (χ1n) is 6.69. The first-order chi connectivity index (χ1) is 9.22. The van der Waals surface area contributed by atoms with Crippen LogP contribution >= 0.6 is 0 Å². The summed E-state index contributed by atoms with van der Waals surface area (Å²) in [4.78, 5) is 11.8. The number of esters is 1. The van der Waals surface area contributed by atoms with Gasteiger partial charge in [0, 0.05) is 18.7 Å². The molecule has 1 N–H and O–H groups in total. The molecule has 1 aromatic carbocycles. The number of rotatable bonds is 4. The van der Waals surface area contributed by atoms with Gasteiger partial charge in [0.15, 0.2) is 0 Å². The molecule has 0 aliphatic carbocycles. The van der Waals surface area contributed by atoms with Crippen LogP contribution in [0.5, 0.6) is 0 Å². The van der Waals surface area contributed by atoms with Gasteiger partial charge in [0.2, 0.25) is 0 Å². The first kappa shape index (κ1) is 14.0. The minimum Gasteiger partial charge on any atom is -0.469 e. The molecule has 104 valence electrons. The van der Waals surface area contributed by atoms with Crippen molar-refractivity contribution in [2.45, 2.75) is 25.4 Å². The van der Waals surface area contributed by atoms with E-state index in [4.69, 9.17) is 9.47 Å². The van der Waals surface area contributed by atoms with Crippen LogP contribution in [0, 0.1) is 5.92 Å². The van der Waals surface area contributed by atoms with Gasteiger partial charge in [0.05, 0.1) is 19.6 Å². The molecule has 19 heavy (non-hydrogen) atoms. The summed E-state index contributed by atoms with van der Waals surface area (Å²) in [6.45, 7) is 3.23. The van der Waals surface area contributed by atoms with Crippen molar-refractivity contribution in [2.24, 2.45) is 5.92 Å². The highest BCUT2D eigenvalue weighted by Crippen LogP contribution is 2.20. The molecule has 4 nitrogen and oxygen atoms in total. The Hall–Kier alpha value is -1.39. The molecule has 1 saturated heterocycles. The maximum absolute atomic E-state index is 11.8. The molecule has 1 heterocycles. The zero-order valence-electron chi connectivity index (χ0n) is 11.5. The fourth-order valence-corrected chi connectivity index (χ4v) is 2.48. The quantitative estimate of drug-likeness (QED) is 0.843. The van der Waals surface area contributed by atoms with Crippen molar-refractivity contribution in [3.63, 3.8) is 0 Å². The predicted octanol–water partition coefficient (Wildman–Crippen LogP) is 1.92. The Bertz CT molecular complexity index is 407. The number of carbonyl (C=O) groups excluding carboxylic acids is 1. The lowest BCUT2D eigenvalue weighted by Crippen LogP contribution is -2.47. The van der Waals surface area contributed by atoms with Crippen molar-refractivity contribution < 1.29 is 14.3 Å². The van der Waals surface area contributed by atoms with Crippen LogP contribution in [0.15, 0.2) is 30.3 Å². The molecule has 1 unspecified atom stereocenters. The van der Waals surface area contributed by atoms with Gasteiger partial charge >= 0.3 is 5.97 Å². The van der Waals surface area contributed by atoms with Gasteiger partial charge in [-0.15, -0.1) is 0 Å². The van der Waals surface area contributed by atoms with Gasteiger partial charge in [-0.1, -0.05) is 30.3 Å². The largest absolute Gasteiger partial charge is 0.469 e. The topological polar surface area (TPSA) is 47.6 Å². The smallest absolute Gasteiger partial charge is 0.312 e. The Kier molecular flexibility index (Phi) is 4.93. The van der Waals surface area contributed by atoms with Crippen LogP contribution in [0.25, 0.3) is 0 Å².